The van der Waals surface area contributed by atoms with Crippen LogP contribution in [0.5, 0.6) is 0 Å². The SMILES string of the molecule is CC(=O)N1CCN(C(=NCc2cccs2)NCCc2ccco2)CC1.I. The number of carbonyl (C=O) groups excluding carboxylic acids is 1. The van der Waals surface area contributed by atoms with Crippen LogP contribution in [0.15, 0.2) is 45.3 Å². The van der Waals surface area contributed by atoms with Crippen molar-refractivity contribution in [3.8, 4) is 0 Å². The molecule has 1 N–H and O–H groups in total. The predicted molar refractivity (Wildman–Crippen MR) is 115 cm³/mol. The van der Waals surface area contributed by atoms with E-state index in [1.165, 1.54) is 4.88 Å². The van der Waals surface area contributed by atoms with E-state index >= 15 is 0 Å². The van der Waals surface area contributed by atoms with Crippen LogP contribution < -0.4 is 5.32 Å². The van der Waals surface area contributed by atoms with Gasteiger partial charge in [0.25, 0.3) is 0 Å². The molecule has 3 rings (SSSR count). The van der Waals surface area contributed by atoms with Gasteiger partial charge in [-0.2, -0.15) is 0 Å². The summed E-state index contributed by atoms with van der Waals surface area (Å²) in [6, 6.07) is 8.03. The van der Waals surface area contributed by atoms with Crippen molar-refractivity contribution in [2.45, 2.75) is 19.9 Å². The van der Waals surface area contributed by atoms with Gasteiger partial charge in [0.15, 0.2) is 5.96 Å². The summed E-state index contributed by atoms with van der Waals surface area (Å²) in [6.07, 6.45) is 2.51. The number of nitrogens with one attached hydrogen (secondary N) is 1. The van der Waals surface area contributed by atoms with Crippen LogP contribution in [0.25, 0.3) is 0 Å². The Morgan fingerprint density at radius 1 is 1.23 bits per heavy atom. The lowest BCUT2D eigenvalue weighted by molar-refractivity contribution is -0.130. The van der Waals surface area contributed by atoms with Crippen molar-refractivity contribution < 1.29 is 9.21 Å². The Kier molecular flexibility index (Phi) is 8.43. The van der Waals surface area contributed by atoms with E-state index in [1.54, 1.807) is 24.5 Å². The second-order valence-corrected chi connectivity index (χ2v) is 7.00. The fourth-order valence-corrected chi connectivity index (χ4v) is 3.44. The van der Waals surface area contributed by atoms with Gasteiger partial charge in [0, 0.05) is 50.9 Å². The third kappa shape index (κ3) is 6.01. The van der Waals surface area contributed by atoms with Gasteiger partial charge < -0.3 is 19.5 Å². The second kappa shape index (κ2) is 10.6. The molecule has 1 saturated heterocycles. The first-order valence-electron chi connectivity index (χ1n) is 8.56. The van der Waals surface area contributed by atoms with Crippen LogP contribution in [0.1, 0.15) is 17.6 Å². The van der Waals surface area contributed by atoms with E-state index in [1.807, 2.05) is 23.1 Å². The van der Waals surface area contributed by atoms with Gasteiger partial charge in [-0.3, -0.25) is 4.79 Å². The van der Waals surface area contributed by atoms with Gasteiger partial charge in [0.1, 0.15) is 5.76 Å². The molecule has 1 amide bonds. The van der Waals surface area contributed by atoms with Gasteiger partial charge in [-0.1, -0.05) is 6.07 Å². The third-order valence-corrected chi connectivity index (χ3v) is 5.09. The smallest absolute Gasteiger partial charge is 0.219 e. The maximum atomic E-state index is 11.5. The summed E-state index contributed by atoms with van der Waals surface area (Å²) in [7, 11) is 0. The van der Waals surface area contributed by atoms with Crippen molar-refractivity contribution in [1.29, 1.82) is 0 Å². The highest BCUT2D eigenvalue weighted by Gasteiger charge is 2.21. The highest BCUT2D eigenvalue weighted by Crippen LogP contribution is 2.11. The zero-order valence-corrected chi connectivity index (χ0v) is 18.0. The molecular formula is C18H25IN4O2S. The summed E-state index contributed by atoms with van der Waals surface area (Å²) in [4.78, 5) is 21.7. The molecule has 3 heterocycles. The Labute approximate surface area is 175 Å². The number of carbonyl (C=O) groups is 1. The average molecular weight is 488 g/mol. The zero-order valence-electron chi connectivity index (χ0n) is 14.9. The van der Waals surface area contributed by atoms with Crippen molar-refractivity contribution in [3.05, 3.63) is 46.5 Å². The lowest BCUT2D eigenvalue weighted by Gasteiger charge is -2.36. The molecule has 2 aromatic heterocycles. The molecule has 0 saturated carbocycles. The molecule has 1 fully saturated rings. The molecule has 0 bridgehead atoms. The normalized spacial score (nSPS) is 14.9. The number of hydrogen-bond donors (Lipinski definition) is 1. The molecule has 1 aliphatic heterocycles. The molecule has 2 aromatic rings. The molecule has 0 aliphatic carbocycles. The maximum absolute atomic E-state index is 11.5. The van der Waals surface area contributed by atoms with E-state index in [2.05, 4.69) is 21.7 Å². The topological polar surface area (TPSA) is 61.1 Å². The van der Waals surface area contributed by atoms with E-state index in [-0.39, 0.29) is 29.9 Å². The van der Waals surface area contributed by atoms with Crippen molar-refractivity contribution in [2.75, 3.05) is 32.7 Å². The number of aliphatic imine (C=N–C) groups is 1. The standard InChI is InChI=1S/C18H24N4O2S.HI/c1-15(23)21-8-10-22(11-9-21)18(20-14-17-5-3-13-25-17)19-7-6-16-4-2-12-24-16;/h2-5,12-13H,6-11,14H2,1H3,(H,19,20);1H. The molecule has 26 heavy (non-hydrogen) atoms. The quantitative estimate of drug-likeness (QED) is 0.400. The zero-order chi connectivity index (χ0) is 17.5. The highest BCUT2D eigenvalue weighted by molar-refractivity contribution is 14.0. The molecule has 0 spiro atoms. The van der Waals surface area contributed by atoms with Gasteiger partial charge in [0.2, 0.25) is 5.91 Å². The summed E-state index contributed by atoms with van der Waals surface area (Å²) in [6.45, 7) is 6.16. The Morgan fingerprint density at radius 2 is 2.00 bits per heavy atom. The lowest BCUT2D eigenvalue weighted by atomic mass is 10.3. The molecule has 0 unspecified atom stereocenters. The van der Waals surface area contributed by atoms with Gasteiger partial charge >= 0.3 is 0 Å². The average Bonchev–Trinajstić information content (AvgIpc) is 3.32. The van der Waals surface area contributed by atoms with Gasteiger partial charge in [-0.25, -0.2) is 4.99 Å². The molecule has 0 atom stereocenters. The minimum atomic E-state index is 0. The van der Waals surface area contributed by atoms with Crippen LogP contribution >= 0.6 is 35.3 Å². The van der Waals surface area contributed by atoms with Crippen molar-refractivity contribution in [1.82, 2.24) is 15.1 Å². The lowest BCUT2D eigenvalue weighted by Crippen LogP contribution is -2.53. The van der Waals surface area contributed by atoms with Crippen LogP contribution in [0.3, 0.4) is 0 Å². The Hall–Kier alpha value is -1.55. The molecule has 8 heteroatoms. The number of nitrogens with zero attached hydrogens (tertiary/aromatic N) is 3. The number of rotatable bonds is 5. The summed E-state index contributed by atoms with van der Waals surface area (Å²) in [5, 5.41) is 5.52. The van der Waals surface area contributed by atoms with E-state index in [9.17, 15) is 4.79 Å². The van der Waals surface area contributed by atoms with Gasteiger partial charge in [-0.15, -0.1) is 35.3 Å². The minimum Gasteiger partial charge on any atom is -0.469 e. The predicted octanol–water partition coefficient (Wildman–Crippen LogP) is 2.81. The summed E-state index contributed by atoms with van der Waals surface area (Å²) < 4.78 is 5.38. The first kappa shape index (κ1) is 20.8. The van der Waals surface area contributed by atoms with E-state index in [0.29, 0.717) is 6.54 Å². The van der Waals surface area contributed by atoms with Crippen molar-refractivity contribution in [2.24, 2.45) is 4.99 Å². The van der Waals surface area contributed by atoms with E-state index in [0.717, 1.165) is 50.9 Å². The number of thiophene rings is 1. The Balaban J connectivity index is 0.00000243. The molecular weight excluding hydrogens is 463 g/mol. The van der Waals surface area contributed by atoms with Crippen LogP contribution in [-0.2, 0) is 17.8 Å². The summed E-state index contributed by atoms with van der Waals surface area (Å²) in [5.41, 5.74) is 0. The summed E-state index contributed by atoms with van der Waals surface area (Å²) in [5.74, 6) is 2.01. The Morgan fingerprint density at radius 3 is 2.62 bits per heavy atom. The number of furan rings is 1. The molecule has 0 aromatic carbocycles. The van der Waals surface area contributed by atoms with Crippen LogP contribution in [0, 0.1) is 0 Å². The number of guanidine groups is 1. The van der Waals surface area contributed by atoms with Crippen molar-refractivity contribution in [3.63, 3.8) is 0 Å². The first-order valence-corrected chi connectivity index (χ1v) is 9.44. The van der Waals surface area contributed by atoms with E-state index < -0.39 is 0 Å². The molecule has 0 radical (unpaired) electrons. The number of amides is 1. The van der Waals surface area contributed by atoms with Crippen LogP contribution in [0.4, 0.5) is 0 Å². The fourth-order valence-electron chi connectivity index (χ4n) is 2.81. The van der Waals surface area contributed by atoms with E-state index in [4.69, 9.17) is 9.41 Å². The first-order chi connectivity index (χ1) is 12.2. The molecule has 142 valence electrons. The van der Waals surface area contributed by atoms with Gasteiger partial charge in [0.05, 0.1) is 12.8 Å². The monoisotopic (exact) mass is 488 g/mol. The highest BCUT2D eigenvalue weighted by atomic mass is 127. The van der Waals surface area contributed by atoms with Crippen molar-refractivity contribution >= 4 is 47.2 Å². The number of piperazine rings is 1. The maximum Gasteiger partial charge on any atom is 0.219 e. The fraction of sp³-hybridized carbons (Fsp3) is 0.444. The third-order valence-electron chi connectivity index (χ3n) is 4.22. The number of halogens is 1. The molecule has 1 aliphatic rings. The number of hydrogen-bond acceptors (Lipinski definition) is 4. The van der Waals surface area contributed by atoms with Gasteiger partial charge in [-0.05, 0) is 23.6 Å². The van der Waals surface area contributed by atoms with Crippen LogP contribution in [0.2, 0.25) is 0 Å². The minimum absolute atomic E-state index is 0. The second-order valence-electron chi connectivity index (χ2n) is 5.97. The summed E-state index contributed by atoms with van der Waals surface area (Å²) >= 11 is 1.72. The Bertz CT molecular complexity index is 680. The molecule has 6 nitrogen and oxygen atoms in total. The largest absolute Gasteiger partial charge is 0.469 e. The van der Waals surface area contributed by atoms with Crippen LogP contribution in [-0.4, -0.2) is 54.4 Å².